The minimum Gasteiger partial charge on any atom is -0.426 e. The smallest absolute Gasteiger partial charge is 0.328 e. The van der Waals surface area contributed by atoms with Crippen LogP contribution in [-0.4, -0.2) is 17.4 Å². The molecule has 5 heteroatoms. The van der Waals surface area contributed by atoms with E-state index < -0.39 is 0 Å². The molecule has 1 fully saturated rings. The molecule has 0 aromatic heterocycles. The summed E-state index contributed by atoms with van der Waals surface area (Å²) in [6, 6.07) is 5.22. The molecule has 0 N–H and O–H groups in total. The van der Waals surface area contributed by atoms with E-state index in [1.165, 1.54) is 0 Å². The normalized spacial score (nSPS) is 20.6. The Morgan fingerprint density at radius 2 is 1.95 bits per heavy atom. The second-order valence-corrected chi connectivity index (χ2v) is 6.45. The average Bonchev–Trinajstić information content (AvgIpc) is 2.47. The molecule has 4 nitrogen and oxygen atoms in total. The number of hydrogen-bond acceptors (Lipinski definition) is 3. The highest BCUT2D eigenvalue weighted by Gasteiger charge is 2.50. The summed E-state index contributed by atoms with van der Waals surface area (Å²) in [7, 11) is 0. The Balaban J connectivity index is 2.40. The molecule has 19 heavy (non-hydrogen) atoms. The minimum absolute atomic E-state index is 0.0503. The molecule has 0 unspecified atom stereocenters. The Labute approximate surface area is 114 Å². The molecule has 1 aromatic carbocycles. The number of nitro benzene ring substituents is 1. The van der Waals surface area contributed by atoms with Gasteiger partial charge in [0.15, 0.2) is 0 Å². The van der Waals surface area contributed by atoms with Crippen LogP contribution in [-0.2, 0) is 4.65 Å². The molecule has 0 spiro atoms. The number of nitrogens with zero attached hydrogens (tertiary/aromatic N) is 1. The van der Waals surface area contributed by atoms with Crippen LogP contribution < -0.4 is 5.46 Å². The molecular formula is C14H20BNO3. The fourth-order valence-corrected chi connectivity index (χ4v) is 2.63. The summed E-state index contributed by atoms with van der Waals surface area (Å²) in [5.74, 6) is 0. The maximum Gasteiger partial charge on any atom is 0.328 e. The van der Waals surface area contributed by atoms with Crippen LogP contribution >= 0.6 is 0 Å². The van der Waals surface area contributed by atoms with Crippen LogP contribution in [0.4, 0.5) is 5.69 Å². The molecule has 102 valence electrons. The van der Waals surface area contributed by atoms with E-state index in [1.807, 2.05) is 6.07 Å². The first kappa shape index (κ1) is 14.1. The number of benzene rings is 1. The van der Waals surface area contributed by atoms with Crippen molar-refractivity contribution in [2.75, 3.05) is 0 Å². The van der Waals surface area contributed by atoms with Crippen LogP contribution in [0.15, 0.2) is 18.2 Å². The highest BCUT2D eigenvalue weighted by Crippen LogP contribution is 2.45. The molecule has 1 aliphatic heterocycles. The zero-order chi connectivity index (χ0) is 14.4. The summed E-state index contributed by atoms with van der Waals surface area (Å²) in [6.07, 6.45) is 0.877. The lowest BCUT2D eigenvalue weighted by Gasteiger charge is -2.34. The van der Waals surface area contributed by atoms with Crippen molar-refractivity contribution in [1.82, 2.24) is 0 Å². The molecule has 1 aliphatic rings. The lowest BCUT2D eigenvalue weighted by Crippen LogP contribution is -2.36. The van der Waals surface area contributed by atoms with Crippen molar-refractivity contribution in [3.05, 3.63) is 33.9 Å². The number of hydrogen-bond donors (Lipinski definition) is 0. The van der Waals surface area contributed by atoms with E-state index in [0.29, 0.717) is 5.56 Å². The van der Waals surface area contributed by atoms with Gasteiger partial charge in [0, 0.05) is 11.6 Å². The van der Waals surface area contributed by atoms with Crippen molar-refractivity contribution in [3.63, 3.8) is 0 Å². The van der Waals surface area contributed by atoms with Crippen LogP contribution in [0.25, 0.3) is 0 Å². The Morgan fingerprint density at radius 1 is 1.32 bits per heavy atom. The Morgan fingerprint density at radius 3 is 2.42 bits per heavy atom. The third-order valence-corrected chi connectivity index (χ3v) is 4.65. The molecule has 0 amide bonds. The van der Waals surface area contributed by atoms with Crippen LogP contribution in [0.2, 0.25) is 6.32 Å². The van der Waals surface area contributed by atoms with E-state index in [2.05, 4.69) is 27.7 Å². The summed E-state index contributed by atoms with van der Waals surface area (Å²) in [4.78, 5) is 10.7. The average molecular weight is 261 g/mol. The maximum absolute atomic E-state index is 11.0. The van der Waals surface area contributed by atoms with Gasteiger partial charge in [-0.15, -0.1) is 0 Å². The van der Waals surface area contributed by atoms with Crippen molar-refractivity contribution in [2.45, 2.75) is 46.5 Å². The van der Waals surface area contributed by atoms with E-state index in [1.54, 1.807) is 19.1 Å². The topological polar surface area (TPSA) is 52.4 Å². The molecule has 2 rings (SSSR count). The van der Waals surface area contributed by atoms with Crippen LogP contribution in [0.5, 0.6) is 0 Å². The summed E-state index contributed by atoms with van der Waals surface area (Å²) < 4.78 is 6.14. The van der Waals surface area contributed by atoms with Crippen LogP contribution in [0, 0.1) is 22.5 Å². The predicted molar refractivity (Wildman–Crippen MR) is 77.0 cm³/mol. The van der Waals surface area contributed by atoms with Gasteiger partial charge in [0.05, 0.1) is 10.5 Å². The molecule has 0 saturated carbocycles. The SMILES string of the molecule is Cc1c(B2CC(C)(C)C(C)(C)O2)cccc1[N+](=O)[O-]. The van der Waals surface area contributed by atoms with Gasteiger partial charge >= 0.3 is 6.92 Å². The molecule has 0 radical (unpaired) electrons. The van der Waals surface area contributed by atoms with Gasteiger partial charge < -0.3 is 4.65 Å². The van der Waals surface area contributed by atoms with E-state index in [4.69, 9.17) is 4.65 Å². The molecule has 0 aliphatic carbocycles. The molecule has 1 saturated heterocycles. The predicted octanol–water partition coefficient (Wildman–Crippen LogP) is 2.94. The number of rotatable bonds is 2. The van der Waals surface area contributed by atoms with Gasteiger partial charge in [0.2, 0.25) is 0 Å². The molecule has 0 atom stereocenters. The van der Waals surface area contributed by atoms with Gasteiger partial charge in [-0.1, -0.05) is 26.0 Å². The fourth-order valence-electron chi connectivity index (χ4n) is 2.63. The van der Waals surface area contributed by atoms with E-state index in [-0.39, 0.29) is 28.5 Å². The van der Waals surface area contributed by atoms with Gasteiger partial charge in [0.25, 0.3) is 5.69 Å². The highest BCUT2D eigenvalue weighted by atomic mass is 16.6. The van der Waals surface area contributed by atoms with Gasteiger partial charge in [-0.05, 0) is 38.0 Å². The van der Waals surface area contributed by atoms with Crippen LogP contribution in [0.1, 0.15) is 33.3 Å². The summed E-state index contributed by atoms with van der Waals surface area (Å²) >= 11 is 0. The largest absolute Gasteiger partial charge is 0.426 e. The third-order valence-electron chi connectivity index (χ3n) is 4.65. The van der Waals surface area contributed by atoms with Gasteiger partial charge in [0.1, 0.15) is 0 Å². The standard InChI is InChI=1S/C14H20BNO3/c1-10-11(7-6-8-12(10)16(17)18)15-9-13(2,3)14(4,5)19-15/h6-8H,9H2,1-5H3. The highest BCUT2D eigenvalue weighted by molar-refractivity contribution is 6.68. The van der Waals surface area contributed by atoms with E-state index in [9.17, 15) is 10.1 Å². The Kier molecular flexibility index (Phi) is 3.21. The quantitative estimate of drug-likeness (QED) is 0.467. The zero-order valence-electron chi connectivity index (χ0n) is 12.2. The van der Waals surface area contributed by atoms with Crippen molar-refractivity contribution in [3.8, 4) is 0 Å². The monoisotopic (exact) mass is 261 g/mol. The summed E-state index contributed by atoms with van der Waals surface area (Å²) in [5.41, 5.74) is 1.64. The second-order valence-electron chi connectivity index (χ2n) is 6.45. The molecular weight excluding hydrogens is 241 g/mol. The van der Waals surface area contributed by atoms with Gasteiger partial charge in [-0.3, -0.25) is 10.1 Å². The zero-order valence-corrected chi connectivity index (χ0v) is 12.2. The number of nitro groups is 1. The molecule has 1 heterocycles. The maximum atomic E-state index is 11.0. The van der Waals surface area contributed by atoms with Crippen molar-refractivity contribution < 1.29 is 9.58 Å². The summed E-state index contributed by atoms with van der Waals surface area (Å²) in [6.45, 7) is 10.3. The van der Waals surface area contributed by atoms with Crippen molar-refractivity contribution >= 4 is 18.1 Å². The lowest BCUT2D eigenvalue weighted by molar-refractivity contribution is -0.385. The molecule has 0 bridgehead atoms. The van der Waals surface area contributed by atoms with E-state index in [0.717, 1.165) is 11.8 Å². The first-order valence-electron chi connectivity index (χ1n) is 6.57. The first-order valence-corrected chi connectivity index (χ1v) is 6.57. The van der Waals surface area contributed by atoms with Crippen molar-refractivity contribution in [2.24, 2.45) is 5.41 Å². The Hall–Kier alpha value is -1.36. The van der Waals surface area contributed by atoms with E-state index >= 15 is 0 Å². The van der Waals surface area contributed by atoms with Crippen LogP contribution in [0.3, 0.4) is 0 Å². The lowest BCUT2D eigenvalue weighted by atomic mass is 9.53. The first-order chi connectivity index (χ1) is 8.66. The van der Waals surface area contributed by atoms with Crippen molar-refractivity contribution in [1.29, 1.82) is 0 Å². The van der Waals surface area contributed by atoms with Gasteiger partial charge in [-0.2, -0.15) is 0 Å². The molecule has 1 aromatic rings. The fraction of sp³-hybridized carbons (Fsp3) is 0.571. The second kappa shape index (κ2) is 4.34. The Bertz CT molecular complexity index is 509. The third kappa shape index (κ3) is 2.27. The summed E-state index contributed by atoms with van der Waals surface area (Å²) in [5, 5.41) is 11.0. The van der Waals surface area contributed by atoms with Gasteiger partial charge in [-0.25, -0.2) is 0 Å². The minimum atomic E-state index is -0.329.